The molecule has 0 spiro atoms. The van der Waals surface area contributed by atoms with Crippen LogP contribution < -0.4 is 0 Å². The van der Waals surface area contributed by atoms with Crippen molar-refractivity contribution in [2.45, 2.75) is 24.6 Å². The molecule has 5 heteroatoms. The first-order valence-corrected chi connectivity index (χ1v) is 7.54. The monoisotopic (exact) mass is 291 g/mol. The lowest BCUT2D eigenvalue weighted by Crippen LogP contribution is -2.34. The maximum atomic E-state index is 10.5. The molecule has 1 aromatic heterocycles. The number of nitrogens with zero attached hydrogens (tertiary/aromatic N) is 2. The maximum Gasteiger partial charge on any atom is 0.133 e. The van der Waals surface area contributed by atoms with Gasteiger partial charge in [-0.25, -0.2) is 0 Å². The van der Waals surface area contributed by atoms with Crippen LogP contribution in [-0.4, -0.2) is 41.0 Å². The lowest BCUT2D eigenvalue weighted by atomic mass is 9.91. The first kappa shape index (κ1) is 13.6. The zero-order valence-electron chi connectivity index (χ0n) is 11.3. The molecule has 1 fully saturated rings. The average Bonchev–Trinajstić information content (AvgIpc) is 2.91. The molecule has 0 bridgehead atoms. The van der Waals surface area contributed by atoms with E-state index in [0.29, 0.717) is 18.3 Å². The Morgan fingerprint density at radius 3 is 2.90 bits per heavy atom. The first-order chi connectivity index (χ1) is 9.81. The highest BCUT2D eigenvalue weighted by atomic mass is 35.5. The van der Waals surface area contributed by atoms with Crippen LogP contribution in [0.5, 0.6) is 0 Å². The normalized spacial score (nSPS) is 17.6. The van der Waals surface area contributed by atoms with Crippen molar-refractivity contribution in [2.24, 2.45) is 0 Å². The van der Waals surface area contributed by atoms with Crippen LogP contribution in [0.25, 0.3) is 10.9 Å². The molecule has 20 heavy (non-hydrogen) atoms. The largest absolute Gasteiger partial charge is 0.302 e. The van der Waals surface area contributed by atoms with Gasteiger partial charge < -0.3 is 4.79 Å². The van der Waals surface area contributed by atoms with Gasteiger partial charge in [0.05, 0.1) is 12.1 Å². The van der Waals surface area contributed by atoms with Crippen LogP contribution in [0.15, 0.2) is 18.2 Å². The minimum absolute atomic E-state index is 0.504. The molecule has 0 radical (unpaired) electrons. The molecule has 106 valence electrons. The van der Waals surface area contributed by atoms with Crippen LogP contribution in [0.1, 0.15) is 30.0 Å². The molecule has 2 heterocycles. The number of carbonyl (C=O) groups excluding carboxylic acids is 1. The summed E-state index contributed by atoms with van der Waals surface area (Å²) in [5.74, 6) is 1.02. The van der Waals surface area contributed by atoms with Crippen molar-refractivity contribution >= 4 is 28.8 Å². The van der Waals surface area contributed by atoms with Gasteiger partial charge in [-0.15, -0.1) is 11.6 Å². The Balaban J connectivity index is 1.79. The van der Waals surface area contributed by atoms with Crippen molar-refractivity contribution in [1.29, 1.82) is 0 Å². The number of piperidine rings is 1. The molecule has 1 N–H and O–H groups in total. The van der Waals surface area contributed by atoms with Gasteiger partial charge in [-0.05, 0) is 37.6 Å². The summed E-state index contributed by atoms with van der Waals surface area (Å²) in [6, 6.07) is 6.23. The van der Waals surface area contributed by atoms with Gasteiger partial charge in [-0.2, -0.15) is 5.10 Å². The summed E-state index contributed by atoms with van der Waals surface area (Å²) in [4.78, 5) is 12.8. The standard InChI is InChI=1S/C15H18ClN3O/c16-10-11-1-2-13-14(9-11)17-18-15(13)12-3-5-19(6-4-12)7-8-20/h1-2,8-9,12H,3-7,10H2,(H,17,18). The molecule has 0 saturated carbocycles. The number of aromatic nitrogens is 2. The van der Waals surface area contributed by atoms with E-state index < -0.39 is 0 Å². The lowest BCUT2D eigenvalue weighted by Gasteiger charge is -2.30. The Hall–Kier alpha value is -1.39. The molecule has 1 aliphatic rings. The molecule has 2 aromatic rings. The summed E-state index contributed by atoms with van der Waals surface area (Å²) >= 11 is 5.86. The number of carbonyl (C=O) groups is 1. The summed E-state index contributed by atoms with van der Waals surface area (Å²) < 4.78 is 0. The van der Waals surface area contributed by atoms with Gasteiger partial charge in [-0.3, -0.25) is 10.00 Å². The van der Waals surface area contributed by atoms with E-state index in [1.165, 1.54) is 11.1 Å². The quantitative estimate of drug-likeness (QED) is 0.696. The summed E-state index contributed by atoms with van der Waals surface area (Å²) in [5.41, 5.74) is 3.32. The van der Waals surface area contributed by atoms with Crippen LogP contribution >= 0.6 is 11.6 Å². The summed E-state index contributed by atoms with van der Waals surface area (Å²) in [6.45, 7) is 2.50. The zero-order valence-corrected chi connectivity index (χ0v) is 12.1. The van der Waals surface area contributed by atoms with E-state index in [-0.39, 0.29) is 0 Å². The smallest absolute Gasteiger partial charge is 0.133 e. The predicted molar refractivity (Wildman–Crippen MR) is 80.1 cm³/mol. The Labute approximate surface area is 123 Å². The highest BCUT2D eigenvalue weighted by Gasteiger charge is 2.23. The van der Waals surface area contributed by atoms with Crippen molar-refractivity contribution in [3.8, 4) is 0 Å². The van der Waals surface area contributed by atoms with Crippen molar-refractivity contribution in [3.63, 3.8) is 0 Å². The first-order valence-electron chi connectivity index (χ1n) is 7.00. The second-order valence-corrected chi connectivity index (χ2v) is 5.63. The van der Waals surface area contributed by atoms with E-state index in [2.05, 4.69) is 27.2 Å². The minimum atomic E-state index is 0.504. The zero-order chi connectivity index (χ0) is 13.9. The van der Waals surface area contributed by atoms with Crippen LogP contribution in [0.2, 0.25) is 0 Å². The van der Waals surface area contributed by atoms with Gasteiger partial charge in [0.1, 0.15) is 6.29 Å². The minimum Gasteiger partial charge on any atom is -0.302 e. The highest BCUT2D eigenvalue weighted by molar-refractivity contribution is 6.17. The summed E-state index contributed by atoms with van der Waals surface area (Å²) in [7, 11) is 0. The van der Waals surface area contributed by atoms with Crippen LogP contribution in [-0.2, 0) is 10.7 Å². The van der Waals surface area contributed by atoms with Crippen molar-refractivity contribution in [1.82, 2.24) is 15.1 Å². The molecule has 1 saturated heterocycles. The van der Waals surface area contributed by atoms with Gasteiger partial charge in [0, 0.05) is 22.9 Å². The van der Waals surface area contributed by atoms with Crippen LogP contribution in [0.4, 0.5) is 0 Å². The number of aldehydes is 1. The second kappa shape index (κ2) is 5.94. The molecular weight excluding hydrogens is 274 g/mol. The van der Waals surface area contributed by atoms with Gasteiger partial charge >= 0.3 is 0 Å². The Kier molecular flexibility index (Phi) is 4.03. The SMILES string of the molecule is O=CCN1CCC(c2[nH]nc3cc(CCl)ccc23)CC1. The summed E-state index contributed by atoms with van der Waals surface area (Å²) in [6.07, 6.45) is 3.13. The molecule has 0 unspecified atom stereocenters. The number of nitrogens with one attached hydrogen (secondary N) is 1. The Morgan fingerprint density at radius 2 is 2.20 bits per heavy atom. The van der Waals surface area contributed by atoms with E-state index in [1.807, 2.05) is 6.07 Å². The number of aromatic amines is 1. The molecule has 4 nitrogen and oxygen atoms in total. The van der Waals surface area contributed by atoms with Gasteiger partial charge in [0.25, 0.3) is 0 Å². The summed E-state index contributed by atoms with van der Waals surface area (Å²) in [5, 5.41) is 8.81. The van der Waals surface area contributed by atoms with E-state index in [4.69, 9.17) is 11.6 Å². The molecule has 3 rings (SSSR count). The van der Waals surface area contributed by atoms with E-state index in [9.17, 15) is 4.79 Å². The fourth-order valence-corrected chi connectivity index (χ4v) is 3.15. The third-order valence-electron chi connectivity index (χ3n) is 4.13. The molecule has 1 aliphatic heterocycles. The fourth-order valence-electron chi connectivity index (χ4n) is 2.98. The predicted octanol–water partition coefficient (Wildman–Crippen LogP) is 2.68. The number of fused-ring (bicyclic) bond motifs is 1. The number of rotatable bonds is 4. The molecule has 0 amide bonds. The van der Waals surface area contributed by atoms with Gasteiger partial charge in [0.15, 0.2) is 0 Å². The number of benzene rings is 1. The Bertz CT molecular complexity index is 602. The van der Waals surface area contributed by atoms with E-state index in [1.54, 1.807) is 0 Å². The van der Waals surface area contributed by atoms with Crippen LogP contribution in [0, 0.1) is 0 Å². The molecule has 0 aliphatic carbocycles. The Morgan fingerprint density at radius 1 is 1.40 bits per heavy atom. The second-order valence-electron chi connectivity index (χ2n) is 5.36. The van der Waals surface area contributed by atoms with E-state index >= 15 is 0 Å². The molecular formula is C15H18ClN3O. The number of hydrogen-bond donors (Lipinski definition) is 1. The molecule has 1 aromatic carbocycles. The lowest BCUT2D eigenvalue weighted by molar-refractivity contribution is -0.109. The highest BCUT2D eigenvalue weighted by Crippen LogP contribution is 2.31. The van der Waals surface area contributed by atoms with Crippen molar-refractivity contribution < 1.29 is 4.79 Å². The van der Waals surface area contributed by atoms with Gasteiger partial charge in [-0.1, -0.05) is 12.1 Å². The van der Waals surface area contributed by atoms with Crippen molar-refractivity contribution in [3.05, 3.63) is 29.5 Å². The number of hydrogen-bond acceptors (Lipinski definition) is 3. The van der Waals surface area contributed by atoms with Gasteiger partial charge in [0.2, 0.25) is 0 Å². The third kappa shape index (κ3) is 2.58. The number of likely N-dealkylation sites (tertiary alicyclic amines) is 1. The van der Waals surface area contributed by atoms with Crippen molar-refractivity contribution in [2.75, 3.05) is 19.6 Å². The fraction of sp³-hybridized carbons (Fsp3) is 0.467. The topological polar surface area (TPSA) is 49.0 Å². The maximum absolute atomic E-state index is 10.5. The number of halogens is 1. The molecule has 0 atom stereocenters. The number of H-pyrrole nitrogens is 1. The van der Waals surface area contributed by atoms with E-state index in [0.717, 1.165) is 43.3 Å². The average molecular weight is 292 g/mol. The number of alkyl halides is 1. The third-order valence-corrected chi connectivity index (χ3v) is 4.44. The van der Waals surface area contributed by atoms with Crippen LogP contribution in [0.3, 0.4) is 0 Å².